The molecule has 72 valence electrons. The highest BCUT2D eigenvalue weighted by atomic mass is 16.7. The lowest BCUT2D eigenvalue weighted by molar-refractivity contribution is -0.0765. The van der Waals surface area contributed by atoms with Crippen LogP contribution in [0.15, 0.2) is 0 Å². The predicted octanol–water partition coefficient (Wildman–Crippen LogP) is 0.394. The molecule has 2 fully saturated rings. The third-order valence-corrected chi connectivity index (χ3v) is 2.52. The van der Waals surface area contributed by atoms with Crippen LogP contribution in [0.2, 0.25) is 0 Å². The molecule has 0 bridgehead atoms. The standard InChI is InChI=1S/C9H14N2O2/c10-4-3-7-6-12-9(13-7)8-2-1-5-11-8/h7-9,11H,1-3,5-6H2. The van der Waals surface area contributed by atoms with Crippen molar-refractivity contribution in [2.24, 2.45) is 0 Å². The third kappa shape index (κ3) is 1.99. The second kappa shape index (κ2) is 4.05. The molecule has 1 N–H and O–H groups in total. The lowest BCUT2D eigenvalue weighted by Crippen LogP contribution is -2.35. The summed E-state index contributed by atoms with van der Waals surface area (Å²) >= 11 is 0. The van der Waals surface area contributed by atoms with E-state index in [4.69, 9.17) is 14.7 Å². The summed E-state index contributed by atoms with van der Waals surface area (Å²) in [5.74, 6) is 0. The highest BCUT2D eigenvalue weighted by Crippen LogP contribution is 2.21. The van der Waals surface area contributed by atoms with Crippen molar-refractivity contribution in [3.05, 3.63) is 0 Å². The molecule has 0 spiro atoms. The molecule has 3 atom stereocenters. The molecule has 0 aliphatic carbocycles. The van der Waals surface area contributed by atoms with Crippen LogP contribution in [-0.2, 0) is 9.47 Å². The Morgan fingerprint density at radius 1 is 1.54 bits per heavy atom. The molecular formula is C9H14N2O2. The van der Waals surface area contributed by atoms with Gasteiger partial charge >= 0.3 is 0 Å². The summed E-state index contributed by atoms with van der Waals surface area (Å²) in [6, 6.07) is 2.43. The summed E-state index contributed by atoms with van der Waals surface area (Å²) < 4.78 is 11.0. The van der Waals surface area contributed by atoms with Crippen molar-refractivity contribution < 1.29 is 9.47 Å². The predicted molar refractivity (Wildman–Crippen MR) is 45.9 cm³/mol. The fourth-order valence-electron chi connectivity index (χ4n) is 1.83. The highest BCUT2D eigenvalue weighted by molar-refractivity contribution is 4.84. The van der Waals surface area contributed by atoms with Crippen LogP contribution >= 0.6 is 0 Å². The number of hydrogen-bond donors (Lipinski definition) is 1. The second-order valence-corrected chi connectivity index (χ2v) is 3.52. The van der Waals surface area contributed by atoms with Gasteiger partial charge in [-0.2, -0.15) is 5.26 Å². The minimum absolute atomic E-state index is 0.0163. The molecule has 3 unspecified atom stereocenters. The van der Waals surface area contributed by atoms with Gasteiger partial charge < -0.3 is 14.8 Å². The first kappa shape index (κ1) is 8.95. The van der Waals surface area contributed by atoms with E-state index in [0.29, 0.717) is 19.1 Å². The molecule has 4 heteroatoms. The van der Waals surface area contributed by atoms with Crippen molar-refractivity contribution in [1.29, 1.82) is 5.26 Å². The van der Waals surface area contributed by atoms with E-state index in [1.807, 2.05) is 0 Å². The van der Waals surface area contributed by atoms with E-state index in [1.54, 1.807) is 0 Å². The summed E-state index contributed by atoms with van der Waals surface area (Å²) in [6.45, 7) is 1.62. The van der Waals surface area contributed by atoms with Gasteiger partial charge in [0.15, 0.2) is 6.29 Å². The molecule has 2 heterocycles. The molecule has 2 aliphatic rings. The lowest BCUT2D eigenvalue weighted by atomic mass is 10.2. The fourth-order valence-corrected chi connectivity index (χ4v) is 1.83. The first-order valence-corrected chi connectivity index (χ1v) is 4.77. The minimum atomic E-state index is -0.124. The van der Waals surface area contributed by atoms with Crippen molar-refractivity contribution in [2.45, 2.75) is 37.7 Å². The third-order valence-electron chi connectivity index (χ3n) is 2.52. The van der Waals surface area contributed by atoms with Crippen LogP contribution < -0.4 is 5.32 Å². The second-order valence-electron chi connectivity index (χ2n) is 3.52. The van der Waals surface area contributed by atoms with Gasteiger partial charge in [-0.15, -0.1) is 0 Å². The van der Waals surface area contributed by atoms with E-state index in [-0.39, 0.29) is 12.4 Å². The van der Waals surface area contributed by atoms with E-state index in [9.17, 15) is 0 Å². The van der Waals surface area contributed by atoms with Crippen molar-refractivity contribution in [3.8, 4) is 6.07 Å². The summed E-state index contributed by atoms with van der Waals surface area (Å²) in [5, 5.41) is 11.8. The van der Waals surface area contributed by atoms with Crippen LogP contribution in [0.5, 0.6) is 0 Å². The van der Waals surface area contributed by atoms with Gasteiger partial charge in [0.1, 0.15) is 0 Å². The Kier molecular flexibility index (Phi) is 2.79. The van der Waals surface area contributed by atoms with Gasteiger partial charge in [-0.05, 0) is 19.4 Å². The van der Waals surface area contributed by atoms with Crippen molar-refractivity contribution in [3.63, 3.8) is 0 Å². The largest absolute Gasteiger partial charge is 0.348 e. The Balaban J connectivity index is 1.80. The molecule has 2 saturated heterocycles. The van der Waals surface area contributed by atoms with Gasteiger partial charge in [0.05, 0.1) is 31.2 Å². The van der Waals surface area contributed by atoms with Gasteiger partial charge in [-0.25, -0.2) is 0 Å². The molecule has 0 amide bonds. The molecule has 4 nitrogen and oxygen atoms in total. The summed E-state index contributed by atoms with van der Waals surface area (Å²) in [6.07, 6.45) is 2.60. The molecule has 2 aliphatic heterocycles. The van der Waals surface area contributed by atoms with Gasteiger partial charge in [0.25, 0.3) is 0 Å². The molecule has 13 heavy (non-hydrogen) atoms. The van der Waals surface area contributed by atoms with Crippen molar-refractivity contribution >= 4 is 0 Å². The van der Waals surface area contributed by atoms with Crippen molar-refractivity contribution in [2.75, 3.05) is 13.2 Å². The van der Waals surface area contributed by atoms with Gasteiger partial charge in [-0.1, -0.05) is 0 Å². The van der Waals surface area contributed by atoms with Crippen LogP contribution in [-0.4, -0.2) is 31.6 Å². The summed E-state index contributed by atoms with van der Waals surface area (Å²) in [7, 11) is 0. The number of ether oxygens (including phenoxy) is 2. The fraction of sp³-hybridized carbons (Fsp3) is 0.889. The quantitative estimate of drug-likeness (QED) is 0.671. The topological polar surface area (TPSA) is 54.3 Å². The Bertz CT molecular complexity index is 208. The number of nitrogens with one attached hydrogen (secondary N) is 1. The van der Waals surface area contributed by atoms with E-state index < -0.39 is 0 Å². The van der Waals surface area contributed by atoms with Crippen LogP contribution in [0, 0.1) is 11.3 Å². The summed E-state index contributed by atoms with van der Waals surface area (Å²) in [5.41, 5.74) is 0. The van der Waals surface area contributed by atoms with Gasteiger partial charge in [0.2, 0.25) is 0 Å². The van der Waals surface area contributed by atoms with Crippen LogP contribution in [0.25, 0.3) is 0 Å². The van der Waals surface area contributed by atoms with E-state index >= 15 is 0 Å². The van der Waals surface area contributed by atoms with Crippen LogP contribution in [0.4, 0.5) is 0 Å². The van der Waals surface area contributed by atoms with E-state index in [0.717, 1.165) is 13.0 Å². The highest BCUT2D eigenvalue weighted by Gasteiger charge is 2.33. The van der Waals surface area contributed by atoms with E-state index in [2.05, 4.69) is 11.4 Å². The molecule has 0 aromatic rings. The molecule has 0 aromatic carbocycles. The smallest absolute Gasteiger partial charge is 0.173 e. The number of nitrogens with zero attached hydrogens (tertiary/aromatic N) is 1. The Morgan fingerprint density at radius 3 is 3.15 bits per heavy atom. The maximum absolute atomic E-state index is 8.48. The van der Waals surface area contributed by atoms with Crippen molar-refractivity contribution in [1.82, 2.24) is 5.32 Å². The molecular weight excluding hydrogens is 168 g/mol. The lowest BCUT2D eigenvalue weighted by Gasteiger charge is -2.17. The van der Waals surface area contributed by atoms with E-state index in [1.165, 1.54) is 6.42 Å². The molecule has 0 aromatic heterocycles. The maximum atomic E-state index is 8.48. The zero-order valence-electron chi connectivity index (χ0n) is 7.53. The zero-order valence-corrected chi connectivity index (χ0v) is 7.53. The van der Waals surface area contributed by atoms with Crippen LogP contribution in [0.3, 0.4) is 0 Å². The van der Waals surface area contributed by atoms with Gasteiger partial charge in [-0.3, -0.25) is 0 Å². The molecule has 0 radical (unpaired) electrons. The zero-order chi connectivity index (χ0) is 9.10. The average molecular weight is 182 g/mol. The Labute approximate surface area is 77.8 Å². The monoisotopic (exact) mass is 182 g/mol. The van der Waals surface area contributed by atoms with Gasteiger partial charge in [0, 0.05) is 0 Å². The van der Waals surface area contributed by atoms with Crippen LogP contribution in [0.1, 0.15) is 19.3 Å². The minimum Gasteiger partial charge on any atom is -0.348 e. The maximum Gasteiger partial charge on any atom is 0.173 e. The Hall–Kier alpha value is -0.630. The first-order valence-electron chi connectivity index (χ1n) is 4.77. The Morgan fingerprint density at radius 2 is 2.46 bits per heavy atom. The molecule has 2 rings (SSSR count). The normalized spacial score (nSPS) is 39.2. The first-order chi connectivity index (χ1) is 6.40. The number of nitriles is 1. The molecule has 0 saturated carbocycles. The average Bonchev–Trinajstić information content (AvgIpc) is 2.70. The number of hydrogen-bond acceptors (Lipinski definition) is 4. The summed E-state index contributed by atoms with van der Waals surface area (Å²) in [4.78, 5) is 0. The number of rotatable bonds is 2. The SMILES string of the molecule is N#CCC1COC(C2CCCN2)O1.